The highest BCUT2D eigenvalue weighted by atomic mass is 32.2. The van der Waals surface area contributed by atoms with E-state index in [1.54, 1.807) is 22.9 Å². The second-order valence-corrected chi connectivity index (χ2v) is 7.56. The molecule has 1 aromatic carbocycles. The van der Waals surface area contributed by atoms with Crippen LogP contribution in [-0.4, -0.2) is 41.2 Å². The van der Waals surface area contributed by atoms with Crippen molar-refractivity contribution in [2.75, 3.05) is 20.2 Å². The van der Waals surface area contributed by atoms with E-state index in [0.717, 1.165) is 10.8 Å². The summed E-state index contributed by atoms with van der Waals surface area (Å²) in [6.45, 7) is 1.01. The Balaban J connectivity index is 1.57. The van der Waals surface area contributed by atoms with Gasteiger partial charge in [0.15, 0.2) is 0 Å². The molecule has 3 rings (SSSR count). The number of amides is 1. The third kappa shape index (κ3) is 4.98. The molecule has 1 fully saturated rings. The lowest BCUT2D eigenvalue weighted by Crippen LogP contribution is -2.31. The van der Waals surface area contributed by atoms with Crippen molar-refractivity contribution < 1.29 is 9.53 Å². The maximum atomic E-state index is 12.8. The number of nitrogens with zero attached hydrogens (tertiary/aromatic N) is 2. The zero-order chi connectivity index (χ0) is 17.5. The Morgan fingerprint density at radius 1 is 1.20 bits per heavy atom. The number of para-hydroxylation sites is 1. The van der Waals surface area contributed by atoms with E-state index in [0.29, 0.717) is 24.0 Å². The molecular weight excluding hydrogens is 332 g/mol. The van der Waals surface area contributed by atoms with Crippen LogP contribution in [0.5, 0.6) is 5.75 Å². The summed E-state index contributed by atoms with van der Waals surface area (Å²) >= 11 is 1.75. The highest BCUT2D eigenvalue weighted by Crippen LogP contribution is 2.35. The number of likely N-dealkylation sites (N-methyl/N-ethyl adjacent to an activating group) is 1. The minimum atomic E-state index is 0.00487. The summed E-state index contributed by atoms with van der Waals surface area (Å²) in [5.41, 5.74) is 0.696. The minimum Gasteiger partial charge on any atom is -0.492 e. The Morgan fingerprint density at radius 2 is 1.96 bits per heavy atom. The second kappa shape index (κ2) is 8.90. The van der Waals surface area contributed by atoms with Crippen LogP contribution in [0.3, 0.4) is 0 Å². The molecule has 1 saturated carbocycles. The monoisotopic (exact) mass is 356 g/mol. The molecule has 2 aromatic rings. The van der Waals surface area contributed by atoms with Gasteiger partial charge in [-0.05, 0) is 37.1 Å². The Labute approximate surface area is 153 Å². The van der Waals surface area contributed by atoms with Crippen LogP contribution in [0.25, 0.3) is 0 Å². The molecule has 0 aliphatic heterocycles. The molecule has 1 aliphatic carbocycles. The SMILES string of the molecule is CN(CCOc1ccccc1)C(=O)c1cccnc1SC1CCCC1. The molecule has 5 heteroatoms. The molecule has 1 amide bonds. The van der Waals surface area contributed by atoms with Crippen LogP contribution >= 0.6 is 11.8 Å². The van der Waals surface area contributed by atoms with Gasteiger partial charge >= 0.3 is 0 Å². The fourth-order valence-electron chi connectivity index (χ4n) is 2.94. The number of pyridine rings is 1. The van der Waals surface area contributed by atoms with Gasteiger partial charge in [0, 0.05) is 18.5 Å². The first-order valence-electron chi connectivity index (χ1n) is 8.79. The molecule has 4 nitrogen and oxygen atoms in total. The largest absolute Gasteiger partial charge is 0.492 e. The van der Waals surface area contributed by atoms with Gasteiger partial charge in [-0.1, -0.05) is 31.0 Å². The summed E-state index contributed by atoms with van der Waals surface area (Å²) in [6.07, 6.45) is 6.77. The van der Waals surface area contributed by atoms with Crippen LogP contribution in [0, 0.1) is 0 Å². The number of thioether (sulfide) groups is 1. The summed E-state index contributed by atoms with van der Waals surface area (Å²) in [6, 6.07) is 13.4. The summed E-state index contributed by atoms with van der Waals surface area (Å²) < 4.78 is 5.69. The Kier molecular flexibility index (Phi) is 6.34. The van der Waals surface area contributed by atoms with Gasteiger partial charge in [-0.25, -0.2) is 4.98 Å². The molecule has 132 valence electrons. The highest BCUT2D eigenvalue weighted by Gasteiger charge is 2.22. The lowest BCUT2D eigenvalue weighted by Gasteiger charge is -2.19. The fraction of sp³-hybridized carbons (Fsp3) is 0.400. The molecule has 1 heterocycles. The van der Waals surface area contributed by atoms with Gasteiger partial charge in [0.2, 0.25) is 0 Å². The van der Waals surface area contributed by atoms with E-state index in [4.69, 9.17) is 4.74 Å². The van der Waals surface area contributed by atoms with E-state index in [9.17, 15) is 4.79 Å². The van der Waals surface area contributed by atoms with Gasteiger partial charge in [-0.2, -0.15) is 0 Å². The number of ether oxygens (including phenoxy) is 1. The molecule has 0 spiro atoms. The molecule has 0 atom stereocenters. The fourth-order valence-corrected chi connectivity index (χ4v) is 4.22. The van der Waals surface area contributed by atoms with E-state index in [1.165, 1.54) is 25.7 Å². The molecule has 0 radical (unpaired) electrons. The second-order valence-electron chi connectivity index (χ2n) is 6.27. The van der Waals surface area contributed by atoms with Gasteiger partial charge in [-0.15, -0.1) is 11.8 Å². The topological polar surface area (TPSA) is 42.4 Å². The van der Waals surface area contributed by atoms with Gasteiger partial charge in [0.05, 0.1) is 12.1 Å². The quantitative estimate of drug-likeness (QED) is 0.743. The number of aromatic nitrogens is 1. The van der Waals surface area contributed by atoms with Crippen molar-refractivity contribution in [1.29, 1.82) is 0 Å². The predicted octanol–water partition coefficient (Wildman–Crippen LogP) is 4.27. The molecular formula is C20H24N2O2S. The predicted molar refractivity (Wildman–Crippen MR) is 101 cm³/mol. The first-order chi connectivity index (χ1) is 12.2. The van der Waals surface area contributed by atoms with Gasteiger partial charge in [0.1, 0.15) is 17.4 Å². The van der Waals surface area contributed by atoms with Crippen LogP contribution in [0.1, 0.15) is 36.0 Å². The molecule has 25 heavy (non-hydrogen) atoms. The van der Waals surface area contributed by atoms with E-state index < -0.39 is 0 Å². The Morgan fingerprint density at radius 3 is 2.72 bits per heavy atom. The molecule has 0 unspecified atom stereocenters. The van der Waals surface area contributed by atoms with E-state index in [-0.39, 0.29) is 5.91 Å². The maximum Gasteiger partial charge on any atom is 0.256 e. The van der Waals surface area contributed by atoms with Crippen molar-refractivity contribution in [2.45, 2.75) is 36.0 Å². The first-order valence-corrected chi connectivity index (χ1v) is 9.67. The number of carbonyl (C=O) groups excluding carboxylic acids is 1. The van der Waals surface area contributed by atoms with Crippen LogP contribution < -0.4 is 4.74 Å². The molecule has 0 bridgehead atoms. The van der Waals surface area contributed by atoms with Crippen LogP contribution in [0.2, 0.25) is 0 Å². The minimum absolute atomic E-state index is 0.00487. The van der Waals surface area contributed by atoms with E-state index in [2.05, 4.69) is 4.98 Å². The Bertz CT molecular complexity index is 687. The summed E-state index contributed by atoms with van der Waals surface area (Å²) in [7, 11) is 1.81. The van der Waals surface area contributed by atoms with Crippen molar-refractivity contribution in [3.63, 3.8) is 0 Å². The Hall–Kier alpha value is -2.01. The average Bonchev–Trinajstić information content (AvgIpc) is 3.15. The van der Waals surface area contributed by atoms with Crippen molar-refractivity contribution in [1.82, 2.24) is 9.88 Å². The standard InChI is InChI=1S/C20H24N2O2S/c1-22(14-15-24-16-8-3-2-4-9-16)20(23)18-12-7-13-21-19(18)25-17-10-5-6-11-17/h2-4,7-9,12-13,17H,5-6,10-11,14-15H2,1H3. The van der Waals surface area contributed by atoms with E-state index in [1.807, 2.05) is 49.5 Å². The van der Waals surface area contributed by atoms with Crippen LogP contribution in [0.4, 0.5) is 0 Å². The zero-order valence-corrected chi connectivity index (χ0v) is 15.4. The number of benzene rings is 1. The van der Waals surface area contributed by atoms with Crippen LogP contribution in [0.15, 0.2) is 53.7 Å². The highest BCUT2D eigenvalue weighted by molar-refractivity contribution is 7.99. The smallest absolute Gasteiger partial charge is 0.256 e. The number of rotatable bonds is 7. The summed E-state index contributed by atoms with van der Waals surface area (Å²) in [4.78, 5) is 19.0. The van der Waals surface area contributed by atoms with Crippen molar-refractivity contribution >= 4 is 17.7 Å². The average molecular weight is 356 g/mol. The molecule has 1 aliphatic rings. The third-order valence-corrected chi connectivity index (χ3v) is 5.72. The summed E-state index contributed by atoms with van der Waals surface area (Å²) in [5, 5.41) is 1.45. The lowest BCUT2D eigenvalue weighted by molar-refractivity contribution is 0.0769. The zero-order valence-electron chi connectivity index (χ0n) is 14.6. The number of hydrogen-bond acceptors (Lipinski definition) is 4. The van der Waals surface area contributed by atoms with Crippen molar-refractivity contribution in [3.05, 3.63) is 54.2 Å². The molecule has 1 aromatic heterocycles. The number of hydrogen-bond donors (Lipinski definition) is 0. The van der Waals surface area contributed by atoms with Crippen molar-refractivity contribution in [3.8, 4) is 5.75 Å². The summed E-state index contributed by atoms with van der Waals surface area (Å²) in [5.74, 6) is 0.826. The van der Waals surface area contributed by atoms with E-state index >= 15 is 0 Å². The lowest BCUT2D eigenvalue weighted by atomic mass is 10.2. The molecule has 0 saturated heterocycles. The third-order valence-electron chi connectivity index (χ3n) is 4.37. The maximum absolute atomic E-state index is 12.8. The van der Waals surface area contributed by atoms with Gasteiger partial charge in [-0.3, -0.25) is 4.79 Å². The molecule has 0 N–H and O–H groups in total. The first kappa shape index (κ1) is 17.8. The van der Waals surface area contributed by atoms with Crippen molar-refractivity contribution in [2.24, 2.45) is 0 Å². The van der Waals surface area contributed by atoms with Gasteiger partial charge in [0.25, 0.3) is 5.91 Å². The normalized spacial score (nSPS) is 14.4. The number of carbonyl (C=O) groups is 1. The van der Waals surface area contributed by atoms with Gasteiger partial charge < -0.3 is 9.64 Å². The van der Waals surface area contributed by atoms with Crippen LogP contribution in [-0.2, 0) is 0 Å².